The summed E-state index contributed by atoms with van der Waals surface area (Å²) >= 11 is 0. The summed E-state index contributed by atoms with van der Waals surface area (Å²) in [6.45, 7) is 1.57. The van der Waals surface area contributed by atoms with Crippen molar-refractivity contribution in [2.24, 2.45) is 0 Å². The van der Waals surface area contributed by atoms with Crippen molar-refractivity contribution >= 4 is 5.97 Å². The van der Waals surface area contributed by atoms with E-state index in [-0.39, 0.29) is 23.2 Å². The lowest BCUT2D eigenvalue weighted by molar-refractivity contribution is 0.0280. The van der Waals surface area contributed by atoms with E-state index < -0.39 is 17.9 Å². The monoisotopic (exact) mass is 330 g/mol. The van der Waals surface area contributed by atoms with Crippen LogP contribution in [0.15, 0.2) is 52.9 Å². The molecule has 0 amide bonds. The van der Waals surface area contributed by atoms with E-state index in [9.17, 15) is 13.6 Å². The first-order chi connectivity index (χ1) is 11.5. The fourth-order valence-electron chi connectivity index (χ4n) is 1.97. The Hall–Kier alpha value is -3.09. The van der Waals surface area contributed by atoms with Gasteiger partial charge in [0.2, 0.25) is 5.89 Å². The van der Waals surface area contributed by atoms with Crippen molar-refractivity contribution in [3.63, 3.8) is 0 Å². The Morgan fingerprint density at radius 1 is 1.00 bits per heavy atom. The van der Waals surface area contributed by atoms with Crippen LogP contribution in [0.1, 0.15) is 29.3 Å². The van der Waals surface area contributed by atoms with E-state index in [1.54, 1.807) is 6.92 Å². The Bertz CT molecular complexity index is 845. The normalized spacial score (nSPS) is 12.0. The molecule has 1 aromatic heterocycles. The molecule has 5 nitrogen and oxygen atoms in total. The van der Waals surface area contributed by atoms with Gasteiger partial charge in [0.1, 0.15) is 11.6 Å². The van der Waals surface area contributed by atoms with E-state index in [4.69, 9.17) is 9.15 Å². The van der Waals surface area contributed by atoms with Gasteiger partial charge in [-0.05, 0) is 55.5 Å². The smallest absolute Gasteiger partial charge is 0.338 e. The number of benzene rings is 2. The maximum Gasteiger partial charge on any atom is 0.338 e. The summed E-state index contributed by atoms with van der Waals surface area (Å²) in [5.74, 6) is -1.16. The highest BCUT2D eigenvalue weighted by atomic mass is 19.1. The van der Waals surface area contributed by atoms with Crippen LogP contribution < -0.4 is 0 Å². The molecular formula is C17H12F2N2O3. The van der Waals surface area contributed by atoms with Crippen LogP contribution in [0.2, 0.25) is 0 Å². The summed E-state index contributed by atoms with van der Waals surface area (Å²) in [5.41, 5.74) is 0.758. The summed E-state index contributed by atoms with van der Waals surface area (Å²) in [4.78, 5) is 12.0. The molecule has 0 radical (unpaired) electrons. The minimum Gasteiger partial charge on any atom is -0.449 e. The van der Waals surface area contributed by atoms with Gasteiger partial charge in [0, 0.05) is 5.56 Å². The van der Waals surface area contributed by atoms with Crippen LogP contribution in [-0.4, -0.2) is 16.2 Å². The summed E-state index contributed by atoms with van der Waals surface area (Å²) in [5, 5.41) is 7.68. The molecule has 0 aliphatic carbocycles. The third kappa shape index (κ3) is 3.45. The molecule has 7 heteroatoms. The molecule has 122 valence electrons. The number of rotatable bonds is 4. The lowest BCUT2D eigenvalue weighted by Crippen LogP contribution is -2.09. The molecule has 0 bridgehead atoms. The Morgan fingerprint density at radius 2 is 1.58 bits per heavy atom. The standard InChI is InChI=1S/C17H12F2N2O3/c1-10(23-17(22)12-4-8-14(19)9-5-12)15-20-21-16(24-15)11-2-6-13(18)7-3-11/h2-10H,1H3/t10-/m1/s1. The summed E-state index contributed by atoms with van der Waals surface area (Å²) < 4.78 is 36.4. The van der Waals surface area contributed by atoms with Crippen molar-refractivity contribution in [1.29, 1.82) is 0 Å². The van der Waals surface area contributed by atoms with Crippen molar-refractivity contribution in [3.05, 3.63) is 71.6 Å². The van der Waals surface area contributed by atoms with E-state index >= 15 is 0 Å². The van der Waals surface area contributed by atoms with Crippen molar-refractivity contribution in [2.75, 3.05) is 0 Å². The molecule has 2 aromatic carbocycles. The van der Waals surface area contributed by atoms with Crippen LogP contribution in [0.25, 0.3) is 11.5 Å². The second-order valence-electron chi connectivity index (χ2n) is 5.01. The molecular weight excluding hydrogens is 318 g/mol. The van der Waals surface area contributed by atoms with Gasteiger partial charge in [0.15, 0.2) is 6.10 Å². The summed E-state index contributed by atoms with van der Waals surface area (Å²) in [7, 11) is 0. The van der Waals surface area contributed by atoms with E-state index in [0.29, 0.717) is 5.56 Å². The number of nitrogens with zero attached hydrogens (tertiary/aromatic N) is 2. The number of aromatic nitrogens is 2. The second-order valence-corrected chi connectivity index (χ2v) is 5.01. The van der Waals surface area contributed by atoms with E-state index in [2.05, 4.69) is 10.2 Å². The third-order valence-electron chi connectivity index (χ3n) is 3.24. The molecule has 3 rings (SSSR count). The number of esters is 1. The van der Waals surface area contributed by atoms with Crippen LogP contribution in [0, 0.1) is 11.6 Å². The van der Waals surface area contributed by atoms with Crippen LogP contribution >= 0.6 is 0 Å². The van der Waals surface area contributed by atoms with Crippen molar-refractivity contribution in [2.45, 2.75) is 13.0 Å². The van der Waals surface area contributed by atoms with Gasteiger partial charge >= 0.3 is 5.97 Å². The summed E-state index contributed by atoms with van der Waals surface area (Å²) in [6.07, 6.45) is -0.788. The molecule has 1 atom stereocenters. The molecule has 0 saturated heterocycles. The van der Waals surface area contributed by atoms with Gasteiger partial charge in [-0.25, -0.2) is 13.6 Å². The predicted molar refractivity (Wildman–Crippen MR) is 79.9 cm³/mol. The van der Waals surface area contributed by atoms with Crippen LogP contribution in [0.3, 0.4) is 0 Å². The molecule has 0 spiro atoms. The lowest BCUT2D eigenvalue weighted by Gasteiger charge is -2.09. The predicted octanol–water partition coefficient (Wildman–Crippen LogP) is 3.93. The molecule has 1 heterocycles. The van der Waals surface area contributed by atoms with Crippen LogP contribution in [0.5, 0.6) is 0 Å². The zero-order valence-corrected chi connectivity index (χ0v) is 12.6. The van der Waals surface area contributed by atoms with Crippen molar-refractivity contribution in [3.8, 4) is 11.5 Å². The highest BCUT2D eigenvalue weighted by Gasteiger charge is 2.20. The molecule has 24 heavy (non-hydrogen) atoms. The molecule has 0 fully saturated rings. The molecule has 0 saturated carbocycles. The highest BCUT2D eigenvalue weighted by Crippen LogP contribution is 2.23. The van der Waals surface area contributed by atoms with E-state index in [1.807, 2.05) is 0 Å². The largest absolute Gasteiger partial charge is 0.449 e. The van der Waals surface area contributed by atoms with E-state index in [0.717, 1.165) is 0 Å². The number of hydrogen-bond acceptors (Lipinski definition) is 5. The number of halogens is 2. The Labute approximate surface area is 135 Å². The minimum absolute atomic E-state index is 0.102. The lowest BCUT2D eigenvalue weighted by atomic mass is 10.2. The Kier molecular flexibility index (Phi) is 4.33. The van der Waals surface area contributed by atoms with Gasteiger partial charge < -0.3 is 9.15 Å². The zero-order valence-electron chi connectivity index (χ0n) is 12.6. The van der Waals surface area contributed by atoms with Gasteiger partial charge in [-0.1, -0.05) is 0 Å². The number of ether oxygens (including phenoxy) is 1. The quantitative estimate of drug-likeness (QED) is 0.678. The molecule has 0 aliphatic rings. The fourth-order valence-corrected chi connectivity index (χ4v) is 1.97. The number of hydrogen-bond donors (Lipinski definition) is 0. The SMILES string of the molecule is C[C@@H](OC(=O)c1ccc(F)cc1)c1nnc(-c2ccc(F)cc2)o1. The number of carbonyl (C=O) groups excluding carboxylic acids is 1. The first-order valence-corrected chi connectivity index (χ1v) is 7.09. The third-order valence-corrected chi connectivity index (χ3v) is 3.24. The maximum absolute atomic E-state index is 12.9. The number of carbonyl (C=O) groups is 1. The molecule has 3 aromatic rings. The zero-order chi connectivity index (χ0) is 17.1. The Balaban J connectivity index is 1.71. The second kappa shape index (κ2) is 6.57. The van der Waals surface area contributed by atoms with E-state index in [1.165, 1.54) is 48.5 Å². The fraction of sp³-hybridized carbons (Fsp3) is 0.118. The van der Waals surface area contributed by atoms with Crippen molar-refractivity contribution < 1.29 is 22.7 Å². The van der Waals surface area contributed by atoms with Crippen LogP contribution in [-0.2, 0) is 4.74 Å². The summed E-state index contributed by atoms with van der Waals surface area (Å²) in [6, 6.07) is 10.5. The maximum atomic E-state index is 12.9. The minimum atomic E-state index is -0.788. The van der Waals surface area contributed by atoms with Gasteiger partial charge in [-0.15, -0.1) is 10.2 Å². The average molecular weight is 330 g/mol. The van der Waals surface area contributed by atoms with Crippen LogP contribution in [0.4, 0.5) is 8.78 Å². The Morgan fingerprint density at radius 3 is 2.21 bits per heavy atom. The average Bonchev–Trinajstić information content (AvgIpc) is 3.06. The van der Waals surface area contributed by atoms with Crippen molar-refractivity contribution in [1.82, 2.24) is 10.2 Å². The highest BCUT2D eigenvalue weighted by molar-refractivity contribution is 5.89. The molecule has 0 aliphatic heterocycles. The molecule has 0 unspecified atom stereocenters. The first kappa shape index (κ1) is 15.8. The first-order valence-electron chi connectivity index (χ1n) is 7.09. The van der Waals surface area contributed by atoms with Gasteiger partial charge in [0.05, 0.1) is 5.56 Å². The van der Waals surface area contributed by atoms with Gasteiger partial charge in [-0.2, -0.15) is 0 Å². The van der Waals surface area contributed by atoms with Gasteiger partial charge in [-0.3, -0.25) is 0 Å². The van der Waals surface area contributed by atoms with Gasteiger partial charge in [0.25, 0.3) is 5.89 Å². The topological polar surface area (TPSA) is 65.2 Å². The molecule has 0 N–H and O–H groups in total.